The van der Waals surface area contributed by atoms with Gasteiger partial charge in [0.2, 0.25) is 5.91 Å². The summed E-state index contributed by atoms with van der Waals surface area (Å²) in [6.45, 7) is 2.72. The summed E-state index contributed by atoms with van der Waals surface area (Å²) in [4.78, 5) is 40.3. The number of ether oxygens (including phenoxy) is 1. The van der Waals surface area contributed by atoms with Crippen LogP contribution in [0.15, 0.2) is 24.3 Å². The normalized spacial score (nSPS) is 24.3. The van der Waals surface area contributed by atoms with Gasteiger partial charge in [0.15, 0.2) is 0 Å². The van der Waals surface area contributed by atoms with Crippen LogP contribution < -0.4 is 5.11 Å². The largest absolute Gasteiger partial charge is 0.548 e. The van der Waals surface area contributed by atoms with Gasteiger partial charge in [0.25, 0.3) is 5.91 Å². The van der Waals surface area contributed by atoms with Gasteiger partial charge in [0.1, 0.15) is 5.72 Å². The fourth-order valence-electron chi connectivity index (χ4n) is 4.13. The monoisotopic (exact) mass is 371 g/mol. The molecule has 2 heterocycles. The highest BCUT2D eigenvalue weighted by Gasteiger charge is 2.53. The van der Waals surface area contributed by atoms with Gasteiger partial charge in [-0.2, -0.15) is 0 Å². The summed E-state index contributed by atoms with van der Waals surface area (Å²) in [6, 6.07) is 5.96. The van der Waals surface area contributed by atoms with Crippen LogP contribution in [0.4, 0.5) is 0 Å². The van der Waals surface area contributed by atoms with Gasteiger partial charge in [-0.15, -0.1) is 0 Å². The van der Waals surface area contributed by atoms with Gasteiger partial charge in [0.05, 0.1) is 18.6 Å². The van der Waals surface area contributed by atoms with E-state index in [1.165, 1.54) is 4.90 Å². The number of rotatable bonds is 3. The summed E-state index contributed by atoms with van der Waals surface area (Å²) in [5.74, 6) is -1.38. The highest BCUT2D eigenvalue weighted by Crippen LogP contribution is 2.40. The molecular formula is C20H23N2O5-. The fourth-order valence-corrected chi connectivity index (χ4v) is 4.13. The average Bonchev–Trinajstić information content (AvgIpc) is 3.44. The third kappa shape index (κ3) is 3.20. The Kier molecular flexibility index (Phi) is 4.42. The van der Waals surface area contributed by atoms with Crippen LogP contribution in [0.3, 0.4) is 0 Å². The first kappa shape index (κ1) is 18.0. The third-order valence-corrected chi connectivity index (χ3v) is 5.80. The number of hydrogen-bond donors (Lipinski definition) is 0. The van der Waals surface area contributed by atoms with Crippen molar-refractivity contribution < 1.29 is 24.2 Å². The molecule has 0 aromatic heterocycles. The van der Waals surface area contributed by atoms with Crippen molar-refractivity contribution in [3.05, 3.63) is 35.4 Å². The van der Waals surface area contributed by atoms with Crippen LogP contribution >= 0.6 is 0 Å². The van der Waals surface area contributed by atoms with E-state index < -0.39 is 17.7 Å². The molecule has 2 amide bonds. The topological polar surface area (TPSA) is 90.0 Å². The molecule has 1 atom stereocenters. The molecule has 2 saturated heterocycles. The summed E-state index contributed by atoms with van der Waals surface area (Å²) >= 11 is 0. The number of aryl methyl sites for hydroxylation is 1. The van der Waals surface area contributed by atoms with Crippen LogP contribution in [0, 0.1) is 12.8 Å². The molecule has 2 aliphatic heterocycles. The Balaban J connectivity index is 1.58. The Morgan fingerprint density at radius 1 is 1.19 bits per heavy atom. The van der Waals surface area contributed by atoms with E-state index in [2.05, 4.69) is 0 Å². The van der Waals surface area contributed by atoms with Crippen molar-refractivity contribution in [2.24, 2.45) is 5.92 Å². The van der Waals surface area contributed by atoms with Crippen LogP contribution in [-0.2, 0) is 14.3 Å². The SMILES string of the molecule is Cc1cccc(C(=O)N2[C@@H](C(=O)[O-])COC23CCN(C(=O)C2CC2)CC3)c1. The molecular weight excluding hydrogens is 348 g/mol. The zero-order valence-corrected chi connectivity index (χ0v) is 15.3. The first-order chi connectivity index (χ1) is 12.9. The van der Waals surface area contributed by atoms with E-state index in [4.69, 9.17) is 4.74 Å². The zero-order chi connectivity index (χ0) is 19.2. The van der Waals surface area contributed by atoms with Crippen LogP contribution in [0.25, 0.3) is 0 Å². The predicted octanol–water partition coefficient (Wildman–Crippen LogP) is 0.315. The number of aliphatic carboxylic acids is 1. The maximum absolute atomic E-state index is 13.2. The van der Waals surface area contributed by atoms with E-state index in [9.17, 15) is 19.5 Å². The minimum absolute atomic E-state index is 0.0868. The van der Waals surface area contributed by atoms with Crippen molar-refractivity contribution in [2.45, 2.75) is 44.4 Å². The molecule has 3 aliphatic rings. The molecule has 1 spiro atoms. The lowest BCUT2D eigenvalue weighted by atomic mass is 9.96. The molecule has 4 rings (SSSR count). The van der Waals surface area contributed by atoms with Gasteiger partial charge >= 0.3 is 0 Å². The summed E-state index contributed by atoms with van der Waals surface area (Å²) in [5, 5.41) is 11.7. The van der Waals surface area contributed by atoms with Gasteiger partial charge in [-0.3, -0.25) is 14.5 Å². The fraction of sp³-hybridized carbons (Fsp3) is 0.550. The van der Waals surface area contributed by atoms with E-state index in [1.54, 1.807) is 18.2 Å². The second-order valence-electron chi connectivity index (χ2n) is 7.74. The first-order valence-electron chi connectivity index (χ1n) is 9.45. The molecule has 0 bridgehead atoms. The number of carbonyl (C=O) groups is 3. The number of piperidine rings is 1. The second-order valence-corrected chi connectivity index (χ2v) is 7.74. The quantitative estimate of drug-likeness (QED) is 0.763. The standard InChI is InChI=1S/C20H24N2O5/c1-13-3-2-4-15(11-13)18(24)22-16(19(25)26)12-27-20(22)7-9-21(10-8-20)17(23)14-5-6-14/h2-4,11,14,16H,5-10,12H2,1H3,(H,25,26)/p-1/t16-/m1/s1. The zero-order valence-electron chi connectivity index (χ0n) is 15.3. The molecule has 1 saturated carbocycles. The number of nitrogens with zero attached hydrogens (tertiary/aromatic N) is 2. The second kappa shape index (κ2) is 6.64. The molecule has 27 heavy (non-hydrogen) atoms. The van der Waals surface area contributed by atoms with Crippen molar-refractivity contribution in [1.29, 1.82) is 0 Å². The third-order valence-electron chi connectivity index (χ3n) is 5.80. The van der Waals surface area contributed by atoms with E-state index in [0.717, 1.165) is 18.4 Å². The molecule has 1 aliphatic carbocycles. The number of carbonyl (C=O) groups excluding carboxylic acids is 3. The summed E-state index contributed by atoms with van der Waals surface area (Å²) in [6.07, 6.45) is 2.71. The van der Waals surface area contributed by atoms with Crippen molar-refractivity contribution >= 4 is 17.8 Å². The maximum Gasteiger partial charge on any atom is 0.256 e. The summed E-state index contributed by atoms with van der Waals surface area (Å²) < 4.78 is 5.89. The molecule has 3 fully saturated rings. The van der Waals surface area contributed by atoms with Gasteiger partial charge in [-0.1, -0.05) is 17.7 Å². The lowest BCUT2D eigenvalue weighted by Gasteiger charge is -2.45. The molecule has 1 aromatic rings. The molecule has 0 unspecified atom stereocenters. The number of hydrogen-bond acceptors (Lipinski definition) is 5. The summed E-state index contributed by atoms with van der Waals surface area (Å²) in [7, 11) is 0. The molecule has 144 valence electrons. The van der Waals surface area contributed by atoms with Crippen molar-refractivity contribution in [2.75, 3.05) is 19.7 Å². The molecule has 0 radical (unpaired) electrons. The van der Waals surface area contributed by atoms with Gasteiger partial charge in [-0.25, -0.2) is 0 Å². The maximum atomic E-state index is 13.2. The number of amides is 2. The van der Waals surface area contributed by atoms with E-state index in [1.807, 2.05) is 17.9 Å². The van der Waals surface area contributed by atoms with Crippen molar-refractivity contribution in [3.63, 3.8) is 0 Å². The summed E-state index contributed by atoms with van der Waals surface area (Å²) in [5.41, 5.74) is 0.360. The minimum Gasteiger partial charge on any atom is -0.548 e. The highest BCUT2D eigenvalue weighted by molar-refractivity contribution is 5.97. The van der Waals surface area contributed by atoms with Crippen LogP contribution in [0.2, 0.25) is 0 Å². The number of carboxylic acids is 1. The average molecular weight is 371 g/mol. The smallest absolute Gasteiger partial charge is 0.256 e. The van der Waals surface area contributed by atoms with Crippen LogP contribution in [0.5, 0.6) is 0 Å². The Morgan fingerprint density at radius 2 is 1.89 bits per heavy atom. The number of likely N-dealkylation sites (tertiary alicyclic amines) is 1. The van der Waals surface area contributed by atoms with Crippen LogP contribution in [-0.4, -0.2) is 59.0 Å². The number of carboxylic acid groups (broad SMARTS) is 1. The Bertz CT molecular complexity index is 780. The Hall–Kier alpha value is -2.41. The molecule has 0 N–H and O–H groups in total. The lowest BCUT2D eigenvalue weighted by molar-refractivity contribution is -0.310. The molecule has 1 aromatic carbocycles. The Labute approximate surface area is 157 Å². The first-order valence-corrected chi connectivity index (χ1v) is 9.45. The van der Waals surface area contributed by atoms with Gasteiger partial charge in [-0.05, 0) is 31.9 Å². The van der Waals surface area contributed by atoms with E-state index in [-0.39, 0.29) is 24.3 Å². The van der Waals surface area contributed by atoms with Crippen molar-refractivity contribution in [1.82, 2.24) is 9.80 Å². The molecule has 7 heteroatoms. The lowest BCUT2D eigenvalue weighted by Crippen LogP contribution is -2.60. The number of benzene rings is 1. The predicted molar refractivity (Wildman–Crippen MR) is 93.4 cm³/mol. The Morgan fingerprint density at radius 3 is 2.48 bits per heavy atom. The van der Waals surface area contributed by atoms with Gasteiger partial charge < -0.3 is 19.5 Å². The van der Waals surface area contributed by atoms with Gasteiger partial charge in [0, 0.05) is 37.4 Å². The van der Waals surface area contributed by atoms with Crippen molar-refractivity contribution in [3.8, 4) is 0 Å². The van der Waals surface area contributed by atoms with Crippen LogP contribution in [0.1, 0.15) is 41.6 Å². The highest BCUT2D eigenvalue weighted by atomic mass is 16.5. The van der Waals surface area contributed by atoms with E-state index >= 15 is 0 Å². The molecule has 7 nitrogen and oxygen atoms in total. The van der Waals surface area contributed by atoms with E-state index in [0.29, 0.717) is 31.5 Å². The minimum atomic E-state index is -1.32.